The van der Waals surface area contributed by atoms with E-state index in [0.717, 1.165) is 11.3 Å². The summed E-state index contributed by atoms with van der Waals surface area (Å²) in [6.07, 6.45) is 0. The van der Waals surface area contributed by atoms with E-state index in [1.807, 2.05) is 0 Å². The van der Waals surface area contributed by atoms with Crippen LogP contribution in [0, 0.1) is 0 Å². The Bertz CT molecular complexity index is 726. The SMILES string of the molecule is COCCN(C)S(=O)(=O)c1csc(C(=O)Nc2nncs2)c1. The zero-order valence-corrected chi connectivity index (χ0v) is 14.3. The van der Waals surface area contributed by atoms with Crippen molar-refractivity contribution in [1.29, 1.82) is 0 Å². The highest BCUT2D eigenvalue weighted by molar-refractivity contribution is 7.89. The third-order valence-corrected chi connectivity index (χ3v) is 6.22. The van der Waals surface area contributed by atoms with Gasteiger partial charge in [0.1, 0.15) is 5.51 Å². The number of thiophene rings is 1. The molecule has 0 fully saturated rings. The first-order valence-electron chi connectivity index (χ1n) is 6.06. The van der Waals surface area contributed by atoms with E-state index in [2.05, 4.69) is 15.5 Å². The van der Waals surface area contributed by atoms with Crippen LogP contribution in [0.25, 0.3) is 0 Å². The quantitative estimate of drug-likeness (QED) is 0.792. The number of methoxy groups -OCH3 is 1. The molecule has 1 N–H and O–H groups in total. The first-order chi connectivity index (χ1) is 10.4. The molecule has 0 unspecified atom stereocenters. The zero-order chi connectivity index (χ0) is 16.2. The van der Waals surface area contributed by atoms with Gasteiger partial charge >= 0.3 is 0 Å². The number of aromatic nitrogens is 2. The Morgan fingerprint density at radius 3 is 2.86 bits per heavy atom. The van der Waals surface area contributed by atoms with Crippen LogP contribution in [0.2, 0.25) is 0 Å². The van der Waals surface area contributed by atoms with Crippen molar-refractivity contribution >= 4 is 43.7 Å². The van der Waals surface area contributed by atoms with Crippen molar-refractivity contribution in [3.05, 3.63) is 21.8 Å². The second kappa shape index (κ2) is 7.24. The molecular weight excluding hydrogens is 348 g/mol. The fourth-order valence-electron chi connectivity index (χ4n) is 1.48. The normalized spacial score (nSPS) is 11.8. The predicted molar refractivity (Wildman–Crippen MR) is 83.9 cm³/mol. The molecule has 0 atom stereocenters. The fraction of sp³-hybridized carbons (Fsp3) is 0.364. The minimum atomic E-state index is -3.63. The van der Waals surface area contributed by atoms with E-state index in [1.165, 1.54) is 46.8 Å². The lowest BCUT2D eigenvalue weighted by Crippen LogP contribution is -2.29. The van der Waals surface area contributed by atoms with Crippen molar-refractivity contribution in [3.63, 3.8) is 0 Å². The largest absolute Gasteiger partial charge is 0.383 e. The molecule has 0 aliphatic heterocycles. The number of anilines is 1. The second-order valence-electron chi connectivity index (χ2n) is 4.16. The van der Waals surface area contributed by atoms with Crippen LogP contribution in [0.4, 0.5) is 5.13 Å². The zero-order valence-electron chi connectivity index (χ0n) is 11.8. The van der Waals surface area contributed by atoms with E-state index in [1.54, 1.807) is 0 Å². The number of nitrogens with zero attached hydrogens (tertiary/aromatic N) is 3. The van der Waals surface area contributed by atoms with E-state index in [0.29, 0.717) is 11.7 Å². The van der Waals surface area contributed by atoms with Crippen LogP contribution in [0.15, 0.2) is 21.9 Å². The van der Waals surface area contributed by atoms with Gasteiger partial charge in [0, 0.05) is 26.1 Å². The third kappa shape index (κ3) is 3.87. The Balaban J connectivity index is 2.11. The van der Waals surface area contributed by atoms with E-state index >= 15 is 0 Å². The maximum absolute atomic E-state index is 12.3. The molecule has 0 bridgehead atoms. The Morgan fingerprint density at radius 2 is 2.23 bits per heavy atom. The molecule has 2 rings (SSSR count). The molecule has 2 aromatic heterocycles. The third-order valence-electron chi connectivity index (χ3n) is 2.70. The molecule has 0 spiro atoms. The van der Waals surface area contributed by atoms with Crippen LogP contribution in [0.3, 0.4) is 0 Å². The lowest BCUT2D eigenvalue weighted by atomic mass is 10.4. The number of nitrogens with one attached hydrogen (secondary N) is 1. The van der Waals surface area contributed by atoms with Crippen molar-refractivity contribution in [2.24, 2.45) is 0 Å². The molecule has 0 aromatic carbocycles. The van der Waals surface area contributed by atoms with Gasteiger partial charge in [0.05, 0.1) is 16.4 Å². The van der Waals surface area contributed by atoms with Crippen molar-refractivity contribution < 1.29 is 17.9 Å². The summed E-state index contributed by atoms with van der Waals surface area (Å²) < 4.78 is 30.7. The summed E-state index contributed by atoms with van der Waals surface area (Å²) in [7, 11) is -0.661. The minimum Gasteiger partial charge on any atom is -0.383 e. The van der Waals surface area contributed by atoms with Gasteiger partial charge in [-0.3, -0.25) is 10.1 Å². The maximum Gasteiger partial charge on any atom is 0.267 e. The summed E-state index contributed by atoms with van der Waals surface area (Å²) in [5.74, 6) is -0.414. The first-order valence-corrected chi connectivity index (χ1v) is 9.26. The van der Waals surface area contributed by atoms with Gasteiger partial charge in [0.25, 0.3) is 5.91 Å². The molecule has 22 heavy (non-hydrogen) atoms. The molecule has 0 radical (unpaired) electrons. The van der Waals surface area contributed by atoms with Crippen LogP contribution >= 0.6 is 22.7 Å². The van der Waals surface area contributed by atoms with Gasteiger partial charge in [-0.05, 0) is 6.07 Å². The van der Waals surface area contributed by atoms with Crippen molar-refractivity contribution in [1.82, 2.24) is 14.5 Å². The highest BCUT2D eigenvalue weighted by atomic mass is 32.2. The van der Waals surface area contributed by atoms with E-state index in [4.69, 9.17) is 4.74 Å². The molecule has 0 aliphatic carbocycles. The second-order valence-corrected chi connectivity index (χ2v) is 7.95. The van der Waals surface area contributed by atoms with E-state index < -0.39 is 15.9 Å². The topological polar surface area (TPSA) is 101 Å². The van der Waals surface area contributed by atoms with Gasteiger partial charge in [-0.1, -0.05) is 11.3 Å². The van der Waals surface area contributed by atoms with Crippen LogP contribution in [-0.4, -0.2) is 56.1 Å². The molecular formula is C11H14N4O4S3. The standard InChI is InChI=1S/C11H14N4O4S3/c1-15(3-4-19-2)22(17,18)8-5-9(20-6-8)10(16)13-11-14-12-7-21-11/h5-7H,3-4H2,1-2H3,(H,13,14,16). The maximum atomic E-state index is 12.3. The first kappa shape index (κ1) is 17.0. The van der Waals surface area contributed by atoms with E-state index in [-0.39, 0.29) is 16.3 Å². The van der Waals surface area contributed by atoms with Gasteiger partial charge in [-0.15, -0.1) is 21.5 Å². The lowest BCUT2D eigenvalue weighted by Gasteiger charge is -2.15. The summed E-state index contributed by atoms with van der Waals surface area (Å²) in [4.78, 5) is 12.4. The fourth-order valence-corrected chi connectivity index (χ4v) is 4.23. The molecule has 2 aromatic rings. The lowest BCUT2D eigenvalue weighted by molar-refractivity contribution is 0.103. The Morgan fingerprint density at radius 1 is 1.45 bits per heavy atom. The van der Waals surface area contributed by atoms with Crippen molar-refractivity contribution in [3.8, 4) is 0 Å². The minimum absolute atomic E-state index is 0.0820. The Labute approximate surface area is 135 Å². The van der Waals surface area contributed by atoms with Crippen LogP contribution < -0.4 is 5.32 Å². The number of rotatable bonds is 7. The molecule has 0 saturated carbocycles. The number of carbonyl (C=O) groups is 1. The van der Waals surface area contributed by atoms with Crippen LogP contribution in [-0.2, 0) is 14.8 Å². The summed E-state index contributed by atoms with van der Waals surface area (Å²) >= 11 is 2.24. The average molecular weight is 362 g/mol. The van der Waals surface area contributed by atoms with E-state index in [9.17, 15) is 13.2 Å². The van der Waals surface area contributed by atoms with Crippen molar-refractivity contribution in [2.75, 3.05) is 32.6 Å². The monoisotopic (exact) mass is 362 g/mol. The average Bonchev–Trinajstić information content (AvgIpc) is 3.15. The number of carbonyl (C=O) groups excluding carboxylic acids is 1. The van der Waals surface area contributed by atoms with Gasteiger partial charge in [-0.2, -0.15) is 4.31 Å². The number of likely N-dealkylation sites (N-methyl/N-ethyl adjacent to an activating group) is 1. The van der Waals surface area contributed by atoms with Gasteiger partial charge in [0.2, 0.25) is 15.2 Å². The number of hydrogen-bond acceptors (Lipinski definition) is 8. The van der Waals surface area contributed by atoms with Gasteiger partial charge in [0.15, 0.2) is 0 Å². The predicted octanol–water partition coefficient (Wildman–Crippen LogP) is 1.12. The van der Waals surface area contributed by atoms with Crippen LogP contribution in [0.1, 0.15) is 9.67 Å². The van der Waals surface area contributed by atoms with Gasteiger partial charge in [-0.25, -0.2) is 8.42 Å². The van der Waals surface area contributed by atoms with Gasteiger partial charge < -0.3 is 4.74 Å². The smallest absolute Gasteiger partial charge is 0.267 e. The van der Waals surface area contributed by atoms with Crippen molar-refractivity contribution in [2.45, 2.75) is 4.90 Å². The number of amides is 1. The number of sulfonamides is 1. The molecule has 0 saturated heterocycles. The molecule has 1 amide bonds. The molecule has 0 aliphatic rings. The number of hydrogen-bond donors (Lipinski definition) is 1. The Hall–Kier alpha value is -1.40. The molecule has 120 valence electrons. The highest BCUT2D eigenvalue weighted by Gasteiger charge is 2.23. The highest BCUT2D eigenvalue weighted by Crippen LogP contribution is 2.23. The number of ether oxygens (including phenoxy) is 1. The summed E-state index contributed by atoms with van der Waals surface area (Å²) in [5, 5.41) is 11.7. The summed E-state index contributed by atoms with van der Waals surface area (Å²) in [5.41, 5.74) is 1.49. The summed E-state index contributed by atoms with van der Waals surface area (Å²) in [6, 6.07) is 1.35. The molecule has 2 heterocycles. The molecule has 11 heteroatoms. The Kier molecular flexibility index (Phi) is 5.58. The van der Waals surface area contributed by atoms with Crippen LogP contribution in [0.5, 0.6) is 0 Å². The molecule has 8 nitrogen and oxygen atoms in total. The summed E-state index contributed by atoms with van der Waals surface area (Å²) in [6.45, 7) is 0.533.